The number of nitrogens with one attached hydrogen (secondary N) is 4. The molecule has 0 fully saturated rings. The number of hydrogen-bond donors (Lipinski definition) is 8. The van der Waals surface area contributed by atoms with Crippen LogP contribution in [0.3, 0.4) is 0 Å². The minimum atomic E-state index is -1.59. The van der Waals surface area contributed by atoms with E-state index >= 15 is 0 Å². The van der Waals surface area contributed by atoms with Crippen LogP contribution >= 0.6 is 0 Å². The van der Waals surface area contributed by atoms with Gasteiger partial charge < -0.3 is 42.6 Å². The molecule has 13 heteroatoms. The van der Waals surface area contributed by atoms with Gasteiger partial charge in [-0.25, -0.2) is 4.79 Å². The van der Waals surface area contributed by atoms with Crippen molar-refractivity contribution in [3.63, 3.8) is 0 Å². The molecular weight excluding hydrogens is 520 g/mol. The zero-order valence-corrected chi connectivity index (χ0v) is 21.5. The summed E-state index contributed by atoms with van der Waals surface area (Å²) in [6.45, 7) is -0.857. The Morgan fingerprint density at radius 1 is 0.800 bits per heavy atom. The van der Waals surface area contributed by atoms with Gasteiger partial charge in [0.15, 0.2) is 0 Å². The predicted octanol–water partition coefficient (Wildman–Crippen LogP) is -1.31. The van der Waals surface area contributed by atoms with Crippen LogP contribution in [0.1, 0.15) is 17.5 Å². The van der Waals surface area contributed by atoms with Crippen molar-refractivity contribution < 1.29 is 34.2 Å². The highest BCUT2D eigenvalue weighted by molar-refractivity contribution is 5.95. The minimum Gasteiger partial charge on any atom is -0.480 e. The van der Waals surface area contributed by atoms with E-state index in [1.165, 1.54) is 0 Å². The van der Waals surface area contributed by atoms with E-state index in [0.717, 1.165) is 10.9 Å². The third-order valence-corrected chi connectivity index (χ3v) is 6.20. The number of carboxylic acid groups (broad SMARTS) is 1. The fourth-order valence-electron chi connectivity index (χ4n) is 4.11. The first-order valence-corrected chi connectivity index (χ1v) is 12.5. The second kappa shape index (κ2) is 13.9. The number of carbonyl (C=O) groups is 5. The maximum absolute atomic E-state index is 13.6. The highest BCUT2D eigenvalue weighted by Crippen LogP contribution is 2.19. The Morgan fingerprint density at radius 2 is 1.38 bits per heavy atom. The summed E-state index contributed by atoms with van der Waals surface area (Å²) in [5, 5.41) is 26.8. The summed E-state index contributed by atoms with van der Waals surface area (Å²) in [5.74, 6) is -4.64. The lowest BCUT2D eigenvalue weighted by Gasteiger charge is -2.25. The smallest absolute Gasteiger partial charge is 0.328 e. The highest BCUT2D eigenvalue weighted by atomic mass is 16.4. The number of rotatable bonds is 14. The third-order valence-electron chi connectivity index (χ3n) is 6.20. The van der Waals surface area contributed by atoms with Crippen LogP contribution in [-0.2, 0) is 36.8 Å². The van der Waals surface area contributed by atoms with E-state index in [9.17, 15) is 34.2 Å². The Kier molecular flexibility index (Phi) is 10.3. The number of carboxylic acids is 1. The number of aliphatic hydroxyl groups excluding tert-OH is 1. The number of fused-ring (bicyclic) bond motifs is 1. The number of nitrogens with two attached hydrogens (primary N) is 2. The molecule has 4 atom stereocenters. The van der Waals surface area contributed by atoms with Gasteiger partial charge in [0.05, 0.1) is 19.1 Å². The number of aliphatic carboxylic acids is 1. The SMILES string of the molecule is NC(=O)CC(N)C(=O)NC(Cc1c[nH]c2ccccc12)C(=O)NC(Cc1ccccc1)C(=O)NC(CO)C(=O)O. The Morgan fingerprint density at radius 3 is 2.00 bits per heavy atom. The largest absolute Gasteiger partial charge is 0.480 e. The zero-order valence-electron chi connectivity index (χ0n) is 21.5. The molecule has 3 rings (SSSR count). The van der Waals surface area contributed by atoms with Crippen LogP contribution in [-0.4, -0.2) is 75.6 Å². The summed E-state index contributed by atoms with van der Waals surface area (Å²) < 4.78 is 0. The van der Waals surface area contributed by atoms with Crippen molar-refractivity contribution >= 4 is 40.5 Å². The summed E-state index contributed by atoms with van der Waals surface area (Å²) in [6.07, 6.45) is 1.24. The number of hydrogen-bond acceptors (Lipinski definition) is 7. The Hall–Kier alpha value is -4.75. The molecule has 0 saturated carbocycles. The molecule has 1 heterocycles. The first-order chi connectivity index (χ1) is 19.1. The van der Waals surface area contributed by atoms with Gasteiger partial charge in [-0.1, -0.05) is 48.5 Å². The van der Waals surface area contributed by atoms with E-state index in [1.54, 1.807) is 36.5 Å². The number of aromatic amines is 1. The quantitative estimate of drug-likeness (QED) is 0.119. The topological polar surface area (TPSA) is 230 Å². The van der Waals surface area contributed by atoms with Crippen LogP contribution in [0.25, 0.3) is 10.9 Å². The summed E-state index contributed by atoms with van der Waals surface area (Å²) in [4.78, 5) is 65.1. The van der Waals surface area contributed by atoms with E-state index in [4.69, 9.17) is 11.5 Å². The molecule has 40 heavy (non-hydrogen) atoms. The van der Waals surface area contributed by atoms with Crippen LogP contribution in [0, 0.1) is 0 Å². The lowest BCUT2D eigenvalue weighted by atomic mass is 10.0. The average molecular weight is 553 g/mol. The molecule has 1 aromatic heterocycles. The molecule has 0 aliphatic rings. The molecule has 0 saturated heterocycles. The van der Waals surface area contributed by atoms with Crippen LogP contribution in [0.15, 0.2) is 60.8 Å². The van der Waals surface area contributed by atoms with Gasteiger partial charge in [0, 0.05) is 29.9 Å². The van der Waals surface area contributed by atoms with Gasteiger partial charge in [0.25, 0.3) is 0 Å². The fourth-order valence-corrected chi connectivity index (χ4v) is 4.11. The number of carbonyl (C=O) groups excluding carboxylic acids is 4. The Bertz CT molecular complexity index is 1360. The lowest BCUT2D eigenvalue weighted by Crippen LogP contribution is -2.58. The third kappa shape index (κ3) is 8.12. The fraction of sp³-hybridized carbons (Fsp3) is 0.296. The molecule has 0 bridgehead atoms. The van der Waals surface area contributed by atoms with Gasteiger partial charge in [-0.05, 0) is 17.2 Å². The predicted molar refractivity (Wildman–Crippen MR) is 144 cm³/mol. The maximum Gasteiger partial charge on any atom is 0.328 e. The number of H-pyrrole nitrogens is 1. The van der Waals surface area contributed by atoms with Crippen molar-refractivity contribution in [1.29, 1.82) is 0 Å². The molecule has 4 unspecified atom stereocenters. The van der Waals surface area contributed by atoms with Crippen LogP contribution < -0.4 is 27.4 Å². The van der Waals surface area contributed by atoms with Gasteiger partial charge >= 0.3 is 5.97 Å². The van der Waals surface area contributed by atoms with Crippen molar-refractivity contribution in [2.24, 2.45) is 11.5 Å². The van der Waals surface area contributed by atoms with Crippen LogP contribution in [0.5, 0.6) is 0 Å². The first-order valence-electron chi connectivity index (χ1n) is 12.5. The summed E-state index contributed by atoms with van der Waals surface area (Å²) in [7, 11) is 0. The molecule has 0 spiro atoms. The molecular formula is C27H32N6O7. The molecule has 4 amide bonds. The molecule has 212 valence electrons. The molecule has 0 radical (unpaired) electrons. The number of primary amides is 1. The number of amides is 4. The van der Waals surface area contributed by atoms with Gasteiger partial charge in [0.1, 0.15) is 18.1 Å². The van der Waals surface area contributed by atoms with Gasteiger partial charge in [-0.3, -0.25) is 19.2 Å². The molecule has 2 aromatic carbocycles. The second-order valence-corrected chi connectivity index (χ2v) is 9.23. The maximum atomic E-state index is 13.6. The van der Waals surface area contributed by atoms with Crippen molar-refractivity contribution in [2.45, 2.75) is 43.4 Å². The van der Waals surface area contributed by atoms with Crippen molar-refractivity contribution in [3.05, 3.63) is 71.9 Å². The number of aromatic nitrogens is 1. The van der Waals surface area contributed by atoms with Crippen LogP contribution in [0.4, 0.5) is 0 Å². The summed E-state index contributed by atoms with van der Waals surface area (Å²) in [5.41, 5.74) is 13.1. The molecule has 0 aliphatic heterocycles. The molecule has 3 aromatic rings. The standard InChI is InChI=1S/C27H32N6O7/c28-18(12-23(29)35)24(36)31-21(11-16-13-30-19-9-5-4-8-17(16)19)26(38)32-20(10-15-6-2-1-3-7-15)25(37)33-22(14-34)27(39)40/h1-9,13,18,20-22,30,34H,10-12,14,28H2,(H2,29,35)(H,31,36)(H,32,38)(H,33,37)(H,39,40). The lowest BCUT2D eigenvalue weighted by molar-refractivity contribution is -0.143. The van der Waals surface area contributed by atoms with Gasteiger partial charge in [-0.2, -0.15) is 0 Å². The second-order valence-electron chi connectivity index (χ2n) is 9.23. The number of aliphatic hydroxyl groups is 1. The van der Waals surface area contributed by atoms with E-state index in [0.29, 0.717) is 11.1 Å². The van der Waals surface area contributed by atoms with Gasteiger partial charge in [0.2, 0.25) is 23.6 Å². The number of benzene rings is 2. The normalized spacial score (nSPS) is 13.9. The van der Waals surface area contributed by atoms with E-state index < -0.39 is 66.8 Å². The summed E-state index contributed by atoms with van der Waals surface area (Å²) >= 11 is 0. The zero-order chi connectivity index (χ0) is 29.2. The molecule has 0 aliphatic carbocycles. The van der Waals surface area contributed by atoms with E-state index in [-0.39, 0.29) is 12.8 Å². The van der Waals surface area contributed by atoms with Crippen molar-refractivity contribution in [3.8, 4) is 0 Å². The molecule has 10 N–H and O–H groups in total. The highest BCUT2D eigenvalue weighted by Gasteiger charge is 2.31. The first kappa shape index (κ1) is 29.8. The summed E-state index contributed by atoms with van der Waals surface area (Å²) in [6, 6.07) is 10.6. The van der Waals surface area contributed by atoms with E-state index in [1.807, 2.05) is 24.3 Å². The van der Waals surface area contributed by atoms with Crippen molar-refractivity contribution in [1.82, 2.24) is 20.9 Å². The number of para-hydroxylation sites is 1. The van der Waals surface area contributed by atoms with Crippen LogP contribution in [0.2, 0.25) is 0 Å². The minimum absolute atomic E-state index is 0.00105. The Balaban J connectivity index is 1.88. The monoisotopic (exact) mass is 552 g/mol. The Labute approximate surface area is 229 Å². The van der Waals surface area contributed by atoms with E-state index in [2.05, 4.69) is 20.9 Å². The molecule has 13 nitrogen and oxygen atoms in total. The van der Waals surface area contributed by atoms with Gasteiger partial charge in [-0.15, -0.1) is 0 Å². The average Bonchev–Trinajstić information content (AvgIpc) is 3.33. The van der Waals surface area contributed by atoms with Crippen molar-refractivity contribution in [2.75, 3.05) is 6.61 Å².